The molecule has 1 fully saturated rings. The minimum Gasteiger partial charge on any atom is -0.462 e. The van der Waals surface area contributed by atoms with E-state index < -0.39 is 61.8 Å². The lowest BCUT2D eigenvalue weighted by Crippen LogP contribution is -2.40. The zero-order chi connectivity index (χ0) is 28.8. The third-order valence-corrected chi connectivity index (χ3v) is 7.69. The fourth-order valence-corrected chi connectivity index (χ4v) is 5.74. The van der Waals surface area contributed by atoms with Crippen molar-refractivity contribution < 1.29 is 32.7 Å². The van der Waals surface area contributed by atoms with Crippen LogP contribution in [0.2, 0.25) is 0 Å². The summed E-state index contributed by atoms with van der Waals surface area (Å²) in [6, 6.07) is 8.62. The largest absolute Gasteiger partial charge is 0.462 e. The summed E-state index contributed by atoms with van der Waals surface area (Å²) < 4.78 is 37.8. The van der Waals surface area contributed by atoms with Crippen LogP contribution < -0.4 is 21.0 Å². The Balaban J connectivity index is 1.90. The van der Waals surface area contributed by atoms with Gasteiger partial charge in [0.2, 0.25) is 0 Å². The van der Waals surface area contributed by atoms with Gasteiger partial charge in [0.05, 0.1) is 30.1 Å². The number of nitrogens with one attached hydrogen (secondary N) is 1. The average Bonchev–Trinajstić information content (AvgIpc) is 3.14. The summed E-state index contributed by atoms with van der Waals surface area (Å²) in [5.74, 6) is -1.28. The van der Waals surface area contributed by atoms with Crippen molar-refractivity contribution in [1.29, 1.82) is 0 Å². The minimum absolute atomic E-state index is 0.0297. The fourth-order valence-electron chi connectivity index (χ4n) is 4.24. The van der Waals surface area contributed by atoms with Crippen LogP contribution in [0.25, 0.3) is 0 Å². The number of aliphatic imine (C=N–C) groups is 1. The number of ether oxygens (including phenoxy) is 2. The Morgan fingerprint density at radius 2 is 2.00 bits per heavy atom. The molecule has 1 aliphatic rings. The second-order valence-electron chi connectivity index (χ2n) is 9.52. The molecular formula is C25H34N5O8P. The summed E-state index contributed by atoms with van der Waals surface area (Å²) in [5.41, 5.74) is 3.85. The summed E-state index contributed by atoms with van der Waals surface area (Å²) in [6.07, 6.45) is 1.22. The maximum atomic E-state index is 13.9. The van der Waals surface area contributed by atoms with Crippen LogP contribution >= 0.6 is 7.75 Å². The van der Waals surface area contributed by atoms with E-state index in [0.29, 0.717) is 6.29 Å². The van der Waals surface area contributed by atoms with E-state index in [1.807, 2.05) is 0 Å². The first-order valence-electron chi connectivity index (χ1n) is 12.3. The third-order valence-electron chi connectivity index (χ3n) is 6.05. The lowest BCUT2D eigenvalue weighted by molar-refractivity contribution is -0.149. The summed E-state index contributed by atoms with van der Waals surface area (Å²) in [7, 11) is -2.70. The molecule has 6 atom stereocenters. The Kier molecular flexibility index (Phi) is 9.78. The van der Waals surface area contributed by atoms with Crippen LogP contribution in [0.1, 0.15) is 33.9 Å². The quantitative estimate of drug-likeness (QED) is 0.168. The van der Waals surface area contributed by atoms with Gasteiger partial charge in [-0.1, -0.05) is 18.2 Å². The molecular weight excluding hydrogens is 529 g/mol. The SMILES string of the molecule is CN=CC1(C)C(C=O)C(COP(=O)(NC(C)C(=O)OC(C)C)Oc2ccccc2)OC1n1ccc(N)nc1=O. The Morgan fingerprint density at radius 1 is 1.31 bits per heavy atom. The van der Waals surface area contributed by atoms with Crippen LogP contribution in [-0.2, 0) is 28.2 Å². The molecule has 14 heteroatoms. The van der Waals surface area contributed by atoms with Crippen molar-refractivity contribution in [2.24, 2.45) is 16.3 Å². The number of nitrogen functional groups attached to an aromatic ring is 1. The van der Waals surface area contributed by atoms with Crippen molar-refractivity contribution in [3.63, 3.8) is 0 Å². The summed E-state index contributed by atoms with van der Waals surface area (Å²) >= 11 is 0. The predicted molar refractivity (Wildman–Crippen MR) is 143 cm³/mol. The van der Waals surface area contributed by atoms with E-state index in [2.05, 4.69) is 15.1 Å². The number of anilines is 1. The molecule has 0 aliphatic carbocycles. The van der Waals surface area contributed by atoms with Gasteiger partial charge in [-0.15, -0.1) is 0 Å². The van der Waals surface area contributed by atoms with Crippen LogP contribution in [-0.4, -0.2) is 59.9 Å². The Bertz CT molecular complexity index is 1290. The summed E-state index contributed by atoms with van der Waals surface area (Å²) in [5, 5.41) is 2.60. The molecule has 0 bridgehead atoms. The average molecular weight is 564 g/mol. The van der Waals surface area contributed by atoms with Gasteiger partial charge in [0.1, 0.15) is 30.1 Å². The van der Waals surface area contributed by atoms with Crippen molar-refractivity contribution in [3.8, 4) is 5.75 Å². The predicted octanol–water partition coefficient (Wildman–Crippen LogP) is 2.38. The lowest BCUT2D eigenvalue weighted by atomic mass is 9.77. The van der Waals surface area contributed by atoms with Gasteiger partial charge in [-0.3, -0.25) is 13.9 Å². The number of aldehydes is 1. The van der Waals surface area contributed by atoms with Gasteiger partial charge >= 0.3 is 19.4 Å². The van der Waals surface area contributed by atoms with E-state index >= 15 is 0 Å². The highest BCUT2D eigenvalue weighted by atomic mass is 31.2. The Labute approximate surface area is 226 Å². The highest BCUT2D eigenvalue weighted by Gasteiger charge is 2.54. The number of aromatic nitrogens is 2. The molecule has 3 N–H and O–H groups in total. The molecule has 1 aromatic heterocycles. The topological polar surface area (TPSA) is 173 Å². The van der Waals surface area contributed by atoms with Crippen LogP contribution in [0.4, 0.5) is 5.82 Å². The first-order valence-corrected chi connectivity index (χ1v) is 13.8. The molecule has 1 saturated heterocycles. The highest BCUT2D eigenvalue weighted by Crippen LogP contribution is 2.50. The van der Waals surface area contributed by atoms with E-state index in [4.69, 9.17) is 24.3 Å². The zero-order valence-corrected chi connectivity index (χ0v) is 23.3. The smallest absolute Gasteiger partial charge is 0.459 e. The van der Waals surface area contributed by atoms with Crippen LogP contribution in [0.5, 0.6) is 5.75 Å². The Hall–Kier alpha value is -3.38. The van der Waals surface area contributed by atoms with Gasteiger partial charge in [-0.25, -0.2) is 9.36 Å². The summed E-state index contributed by atoms with van der Waals surface area (Å²) in [4.78, 5) is 45.2. The molecule has 13 nitrogen and oxygen atoms in total. The number of carbonyl (C=O) groups is 2. The lowest BCUT2D eigenvalue weighted by Gasteiger charge is -2.29. The van der Waals surface area contributed by atoms with Gasteiger partial charge < -0.3 is 29.5 Å². The van der Waals surface area contributed by atoms with E-state index in [0.717, 1.165) is 0 Å². The molecule has 6 unspecified atom stereocenters. The van der Waals surface area contributed by atoms with Gasteiger partial charge in [-0.2, -0.15) is 10.1 Å². The van der Waals surface area contributed by atoms with E-state index in [-0.39, 0.29) is 11.6 Å². The highest BCUT2D eigenvalue weighted by molar-refractivity contribution is 7.52. The molecule has 0 spiro atoms. The third kappa shape index (κ3) is 7.18. The van der Waals surface area contributed by atoms with Gasteiger partial charge in [-0.05, 0) is 45.9 Å². The minimum atomic E-state index is -4.23. The Morgan fingerprint density at radius 3 is 2.59 bits per heavy atom. The number of para-hydroxylation sites is 1. The van der Waals surface area contributed by atoms with Gasteiger partial charge in [0, 0.05) is 19.5 Å². The molecule has 2 heterocycles. The molecule has 0 amide bonds. The van der Waals surface area contributed by atoms with Crippen LogP contribution in [0.15, 0.2) is 52.4 Å². The fraction of sp³-hybridized carbons (Fsp3) is 0.480. The van der Waals surface area contributed by atoms with Crippen molar-refractivity contribution >= 4 is 32.0 Å². The number of benzene rings is 1. The standard InChI is InChI=1S/C25H34N5O8P/c1-16(2)36-22(32)17(3)29-39(34,38-18-9-7-6-8-10-18)35-14-20-19(13-31)25(4,15-27-5)23(37-20)30-12-11-21(26)28-24(30)33/h6-13,15-17,19-20,23H,14H2,1-5H3,(H,29,34)(H2,26,28,33). The van der Waals surface area contributed by atoms with Crippen LogP contribution in [0, 0.1) is 11.3 Å². The number of rotatable bonds is 12. The van der Waals surface area contributed by atoms with Crippen molar-refractivity contribution in [2.45, 2.75) is 52.2 Å². The first-order chi connectivity index (χ1) is 18.4. The maximum absolute atomic E-state index is 13.9. The van der Waals surface area contributed by atoms with Crippen molar-refractivity contribution in [2.75, 3.05) is 19.4 Å². The number of hydrogen-bond donors (Lipinski definition) is 2. The van der Waals surface area contributed by atoms with Gasteiger partial charge in [0.25, 0.3) is 0 Å². The van der Waals surface area contributed by atoms with Gasteiger partial charge in [0.15, 0.2) is 0 Å². The van der Waals surface area contributed by atoms with E-state index in [1.54, 1.807) is 51.1 Å². The molecule has 1 aliphatic heterocycles. The molecule has 3 rings (SSSR count). The zero-order valence-electron chi connectivity index (χ0n) is 22.4. The molecule has 1 aromatic carbocycles. The van der Waals surface area contributed by atoms with Crippen molar-refractivity contribution in [3.05, 3.63) is 53.1 Å². The van der Waals surface area contributed by atoms with Crippen LogP contribution in [0.3, 0.4) is 0 Å². The normalized spacial score (nSPS) is 25.3. The number of nitrogens with two attached hydrogens (primary N) is 1. The number of carbonyl (C=O) groups excluding carboxylic acids is 2. The van der Waals surface area contributed by atoms with E-state index in [1.165, 1.54) is 37.0 Å². The van der Waals surface area contributed by atoms with Crippen molar-refractivity contribution in [1.82, 2.24) is 14.6 Å². The summed E-state index contributed by atoms with van der Waals surface area (Å²) in [6.45, 7) is 6.14. The molecule has 2 aromatic rings. The van der Waals surface area contributed by atoms with E-state index in [9.17, 15) is 18.9 Å². The maximum Gasteiger partial charge on any atom is 0.459 e. The molecule has 0 saturated carbocycles. The number of esters is 1. The molecule has 39 heavy (non-hydrogen) atoms. The molecule has 212 valence electrons. The second-order valence-corrected chi connectivity index (χ2v) is 11.2. The molecule has 0 radical (unpaired) electrons. The second kappa shape index (κ2) is 12.6. The number of nitrogens with zero attached hydrogens (tertiary/aromatic N) is 3. The number of hydrogen-bond acceptors (Lipinski definition) is 11. The first kappa shape index (κ1) is 30.2. The monoisotopic (exact) mass is 563 g/mol.